The first-order valence-electron chi connectivity index (χ1n) is 8.71. The Labute approximate surface area is 144 Å². The zero-order valence-corrected chi connectivity index (χ0v) is 15.8. The average molecular weight is 333 g/mol. The van der Waals surface area contributed by atoms with Gasteiger partial charge in [-0.25, -0.2) is 0 Å². The zero-order valence-electron chi connectivity index (χ0n) is 15.0. The molecule has 2 heterocycles. The molecule has 2 aliphatic heterocycles. The zero-order chi connectivity index (χ0) is 16.8. The Morgan fingerprint density at radius 3 is 2.61 bits per heavy atom. The number of ether oxygens (including phenoxy) is 1. The number of phenolic OH excluding ortho intramolecular Hbond substituents is 1. The van der Waals surface area contributed by atoms with Crippen LogP contribution < -0.4 is 4.74 Å². The van der Waals surface area contributed by atoms with Crippen LogP contribution in [0.5, 0.6) is 11.5 Å². The van der Waals surface area contributed by atoms with Crippen molar-refractivity contribution in [1.82, 2.24) is 0 Å². The van der Waals surface area contributed by atoms with Gasteiger partial charge in [-0.3, -0.25) is 0 Å². The van der Waals surface area contributed by atoms with Gasteiger partial charge in [0.1, 0.15) is 17.1 Å². The van der Waals surface area contributed by atoms with Crippen molar-refractivity contribution in [1.29, 1.82) is 0 Å². The Bertz CT molecular complexity index is 656. The Morgan fingerprint density at radius 2 is 1.91 bits per heavy atom. The van der Waals surface area contributed by atoms with E-state index < -0.39 is 0 Å². The Kier molecular flexibility index (Phi) is 4.20. The Balaban J connectivity index is 2.01. The molecule has 0 fully saturated rings. The SMILES string of the molecule is CCCCCc1cc(O)c2c(c1)OC(C)(C)C1=C2CC(C)(C)S1. The lowest BCUT2D eigenvalue weighted by Crippen LogP contribution is -2.32. The van der Waals surface area contributed by atoms with E-state index in [2.05, 4.69) is 40.7 Å². The van der Waals surface area contributed by atoms with Crippen molar-refractivity contribution in [3.8, 4) is 11.5 Å². The molecule has 3 rings (SSSR count). The molecular weight excluding hydrogens is 304 g/mol. The highest BCUT2D eigenvalue weighted by Crippen LogP contribution is 2.59. The molecule has 0 unspecified atom stereocenters. The molecule has 126 valence electrons. The fraction of sp³-hybridized carbons (Fsp3) is 0.600. The van der Waals surface area contributed by atoms with Gasteiger partial charge < -0.3 is 9.84 Å². The summed E-state index contributed by atoms with van der Waals surface area (Å²) in [7, 11) is 0. The highest BCUT2D eigenvalue weighted by Gasteiger charge is 2.45. The molecule has 1 aromatic rings. The van der Waals surface area contributed by atoms with Crippen LogP contribution in [0, 0.1) is 0 Å². The topological polar surface area (TPSA) is 29.5 Å². The van der Waals surface area contributed by atoms with Crippen LogP contribution in [0.1, 0.15) is 71.4 Å². The van der Waals surface area contributed by atoms with E-state index >= 15 is 0 Å². The van der Waals surface area contributed by atoms with Crippen LogP contribution in [0.15, 0.2) is 17.0 Å². The van der Waals surface area contributed by atoms with Crippen molar-refractivity contribution < 1.29 is 9.84 Å². The van der Waals surface area contributed by atoms with Gasteiger partial charge in [-0.1, -0.05) is 33.6 Å². The first kappa shape index (κ1) is 16.8. The molecule has 0 aliphatic carbocycles. The number of hydrogen-bond acceptors (Lipinski definition) is 3. The van der Waals surface area contributed by atoms with Crippen LogP contribution in [0.25, 0.3) is 5.57 Å². The highest BCUT2D eigenvalue weighted by molar-refractivity contribution is 8.05. The highest BCUT2D eigenvalue weighted by atomic mass is 32.2. The maximum Gasteiger partial charge on any atom is 0.134 e. The average Bonchev–Trinajstić information content (AvgIpc) is 2.74. The normalized spacial score (nSPS) is 20.9. The predicted molar refractivity (Wildman–Crippen MR) is 99.2 cm³/mol. The van der Waals surface area contributed by atoms with Crippen molar-refractivity contribution in [3.63, 3.8) is 0 Å². The van der Waals surface area contributed by atoms with Gasteiger partial charge in [-0.15, -0.1) is 11.8 Å². The summed E-state index contributed by atoms with van der Waals surface area (Å²) in [6.07, 6.45) is 5.59. The third-order valence-electron chi connectivity index (χ3n) is 4.68. The number of thioether (sulfide) groups is 1. The molecule has 23 heavy (non-hydrogen) atoms. The molecule has 2 nitrogen and oxygen atoms in total. The van der Waals surface area contributed by atoms with E-state index in [1.165, 1.54) is 28.9 Å². The lowest BCUT2D eigenvalue weighted by molar-refractivity contribution is 0.153. The van der Waals surface area contributed by atoms with E-state index in [1.54, 1.807) is 0 Å². The van der Waals surface area contributed by atoms with Crippen molar-refractivity contribution in [2.24, 2.45) is 0 Å². The molecule has 0 saturated carbocycles. The van der Waals surface area contributed by atoms with Crippen LogP contribution >= 0.6 is 11.8 Å². The first-order valence-corrected chi connectivity index (χ1v) is 9.53. The summed E-state index contributed by atoms with van der Waals surface area (Å²) in [5.74, 6) is 1.24. The maximum absolute atomic E-state index is 10.7. The van der Waals surface area contributed by atoms with Crippen molar-refractivity contribution in [2.75, 3.05) is 0 Å². The molecule has 2 aliphatic rings. The number of phenols is 1. The standard InChI is InChI=1S/C20H28O2S/c1-6-7-8-9-13-10-15(21)17-14-12-19(2,3)23-18(14)20(4,5)22-16(17)11-13/h10-11,21H,6-9,12H2,1-5H3. The predicted octanol–water partition coefficient (Wildman–Crippen LogP) is 5.92. The van der Waals surface area contributed by atoms with Crippen molar-refractivity contribution in [3.05, 3.63) is 28.2 Å². The smallest absolute Gasteiger partial charge is 0.134 e. The summed E-state index contributed by atoms with van der Waals surface area (Å²) >= 11 is 1.90. The number of benzene rings is 1. The molecule has 1 N–H and O–H groups in total. The second kappa shape index (κ2) is 5.77. The molecule has 0 bridgehead atoms. The van der Waals surface area contributed by atoms with Gasteiger partial charge in [0, 0.05) is 9.65 Å². The minimum Gasteiger partial charge on any atom is -0.507 e. The van der Waals surface area contributed by atoms with E-state index in [0.717, 1.165) is 30.6 Å². The molecule has 0 radical (unpaired) electrons. The lowest BCUT2D eigenvalue weighted by Gasteiger charge is -2.34. The molecule has 1 aromatic carbocycles. The van der Waals surface area contributed by atoms with Gasteiger partial charge in [-0.05, 0) is 56.4 Å². The second-order valence-electron chi connectivity index (χ2n) is 7.90. The van der Waals surface area contributed by atoms with Gasteiger partial charge in [0.2, 0.25) is 0 Å². The van der Waals surface area contributed by atoms with Crippen molar-refractivity contribution in [2.45, 2.75) is 77.1 Å². The van der Waals surface area contributed by atoms with E-state index in [9.17, 15) is 5.11 Å². The van der Waals surface area contributed by atoms with E-state index in [0.29, 0.717) is 5.75 Å². The van der Waals surface area contributed by atoms with Gasteiger partial charge in [-0.2, -0.15) is 0 Å². The van der Waals surface area contributed by atoms with Gasteiger partial charge in [0.15, 0.2) is 0 Å². The number of aryl methyl sites for hydroxylation is 1. The second-order valence-corrected chi connectivity index (χ2v) is 9.62. The minimum atomic E-state index is -0.310. The Hall–Kier alpha value is -1.09. The molecule has 0 aromatic heterocycles. The maximum atomic E-state index is 10.7. The quantitative estimate of drug-likeness (QED) is 0.694. The van der Waals surface area contributed by atoms with Crippen LogP contribution in [-0.2, 0) is 6.42 Å². The lowest BCUT2D eigenvalue weighted by atomic mass is 9.88. The number of unbranched alkanes of at least 4 members (excludes halogenated alkanes) is 2. The number of allylic oxidation sites excluding steroid dienone is 1. The number of rotatable bonds is 4. The van der Waals surface area contributed by atoms with E-state index in [1.807, 2.05) is 17.8 Å². The molecule has 0 atom stereocenters. The molecular formula is C20H28O2S. The van der Waals surface area contributed by atoms with Crippen LogP contribution in [0.2, 0.25) is 0 Å². The fourth-order valence-corrected chi connectivity index (χ4v) is 5.01. The summed E-state index contributed by atoms with van der Waals surface area (Å²) < 4.78 is 6.48. The number of aromatic hydroxyl groups is 1. The third-order valence-corrected chi connectivity index (χ3v) is 6.32. The summed E-state index contributed by atoms with van der Waals surface area (Å²) in [5, 5.41) is 10.7. The van der Waals surface area contributed by atoms with Crippen LogP contribution in [-0.4, -0.2) is 15.5 Å². The van der Waals surface area contributed by atoms with Crippen molar-refractivity contribution >= 4 is 17.3 Å². The number of fused-ring (bicyclic) bond motifs is 2. The van der Waals surface area contributed by atoms with Gasteiger partial charge >= 0.3 is 0 Å². The summed E-state index contributed by atoms with van der Waals surface area (Å²) in [5.41, 5.74) is 3.08. The van der Waals surface area contributed by atoms with Crippen LogP contribution in [0.4, 0.5) is 0 Å². The van der Waals surface area contributed by atoms with Gasteiger partial charge in [0.25, 0.3) is 0 Å². The molecule has 3 heteroatoms. The van der Waals surface area contributed by atoms with E-state index in [4.69, 9.17) is 4.74 Å². The fourth-order valence-electron chi connectivity index (χ4n) is 3.65. The summed E-state index contributed by atoms with van der Waals surface area (Å²) in [6.45, 7) is 11.0. The van der Waals surface area contributed by atoms with Gasteiger partial charge in [0.05, 0.1) is 5.56 Å². The largest absolute Gasteiger partial charge is 0.507 e. The molecule has 0 spiro atoms. The molecule has 0 amide bonds. The summed E-state index contributed by atoms with van der Waals surface area (Å²) in [4.78, 5) is 1.28. The third kappa shape index (κ3) is 3.13. The van der Waals surface area contributed by atoms with E-state index in [-0.39, 0.29) is 10.3 Å². The Morgan fingerprint density at radius 1 is 1.17 bits per heavy atom. The minimum absolute atomic E-state index is 0.166. The monoisotopic (exact) mass is 332 g/mol. The number of hydrogen-bond donors (Lipinski definition) is 1. The first-order chi connectivity index (χ1) is 10.7. The summed E-state index contributed by atoms with van der Waals surface area (Å²) in [6, 6.07) is 4.09. The molecule has 0 saturated heterocycles. The van der Waals surface area contributed by atoms with Crippen LogP contribution in [0.3, 0.4) is 0 Å².